The SMILES string of the molecule is C[C@H](c1nc(N)n2nccc2n1)c1ccccc1C(F)(F)F. The van der Waals surface area contributed by atoms with E-state index in [9.17, 15) is 13.2 Å². The lowest BCUT2D eigenvalue weighted by atomic mass is 9.94. The van der Waals surface area contributed by atoms with Crippen molar-refractivity contribution in [2.24, 2.45) is 0 Å². The molecule has 0 saturated carbocycles. The fourth-order valence-corrected chi connectivity index (χ4v) is 2.33. The highest BCUT2D eigenvalue weighted by Crippen LogP contribution is 2.36. The minimum absolute atomic E-state index is 0.0846. The van der Waals surface area contributed by atoms with Gasteiger partial charge in [-0.15, -0.1) is 0 Å². The molecule has 0 aliphatic heterocycles. The molecule has 0 saturated heterocycles. The summed E-state index contributed by atoms with van der Waals surface area (Å²) in [6, 6.07) is 7.00. The number of anilines is 1. The van der Waals surface area contributed by atoms with Crippen molar-refractivity contribution >= 4 is 11.6 Å². The third-order valence-electron chi connectivity index (χ3n) is 3.42. The van der Waals surface area contributed by atoms with Gasteiger partial charge in [0.05, 0.1) is 11.8 Å². The minimum Gasteiger partial charge on any atom is -0.368 e. The summed E-state index contributed by atoms with van der Waals surface area (Å²) in [6.07, 6.45) is -2.93. The van der Waals surface area contributed by atoms with E-state index in [4.69, 9.17) is 5.73 Å². The van der Waals surface area contributed by atoms with Gasteiger partial charge in [0.2, 0.25) is 5.95 Å². The van der Waals surface area contributed by atoms with Crippen molar-refractivity contribution in [2.45, 2.75) is 19.0 Å². The topological polar surface area (TPSA) is 69.1 Å². The quantitative estimate of drug-likeness (QED) is 0.790. The van der Waals surface area contributed by atoms with Gasteiger partial charge in [-0.1, -0.05) is 25.1 Å². The summed E-state index contributed by atoms with van der Waals surface area (Å²) < 4.78 is 40.7. The van der Waals surface area contributed by atoms with E-state index in [1.807, 2.05) is 0 Å². The zero-order valence-electron chi connectivity index (χ0n) is 11.5. The maximum Gasteiger partial charge on any atom is 0.416 e. The monoisotopic (exact) mass is 307 g/mol. The Morgan fingerprint density at radius 3 is 2.59 bits per heavy atom. The van der Waals surface area contributed by atoms with Crippen LogP contribution < -0.4 is 5.73 Å². The van der Waals surface area contributed by atoms with Gasteiger partial charge < -0.3 is 5.73 Å². The maximum absolute atomic E-state index is 13.1. The van der Waals surface area contributed by atoms with Crippen LogP contribution in [-0.2, 0) is 6.18 Å². The fraction of sp³-hybridized carbons (Fsp3) is 0.214. The molecule has 5 nitrogen and oxygen atoms in total. The molecule has 8 heteroatoms. The smallest absolute Gasteiger partial charge is 0.368 e. The van der Waals surface area contributed by atoms with Gasteiger partial charge in [-0.2, -0.15) is 27.8 Å². The van der Waals surface area contributed by atoms with Crippen molar-refractivity contribution in [1.29, 1.82) is 0 Å². The van der Waals surface area contributed by atoms with Gasteiger partial charge in [0.25, 0.3) is 0 Å². The largest absolute Gasteiger partial charge is 0.416 e. The van der Waals surface area contributed by atoms with E-state index in [-0.39, 0.29) is 17.3 Å². The molecule has 2 heterocycles. The van der Waals surface area contributed by atoms with Crippen LogP contribution in [0.4, 0.5) is 19.1 Å². The second-order valence-corrected chi connectivity index (χ2v) is 4.85. The summed E-state index contributed by atoms with van der Waals surface area (Å²) in [5, 5.41) is 3.93. The van der Waals surface area contributed by atoms with Gasteiger partial charge in [0, 0.05) is 12.0 Å². The summed E-state index contributed by atoms with van der Waals surface area (Å²) in [4.78, 5) is 8.31. The van der Waals surface area contributed by atoms with Crippen LogP contribution in [0, 0.1) is 0 Å². The number of benzene rings is 1. The number of nitrogens with two attached hydrogens (primary N) is 1. The highest BCUT2D eigenvalue weighted by atomic mass is 19.4. The second kappa shape index (κ2) is 4.97. The summed E-state index contributed by atoms with van der Waals surface area (Å²) in [6.45, 7) is 1.62. The van der Waals surface area contributed by atoms with Crippen molar-refractivity contribution in [3.63, 3.8) is 0 Å². The van der Waals surface area contributed by atoms with Gasteiger partial charge in [0.1, 0.15) is 5.82 Å². The molecule has 0 fully saturated rings. The molecule has 0 radical (unpaired) electrons. The lowest BCUT2D eigenvalue weighted by Gasteiger charge is -2.17. The van der Waals surface area contributed by atoms with Gasteiger partial charge in [-0.05, 0) is 11.6 Å². The Morgan fingerprint density at radius 1 is 1.14 bits per heavy atom. The summed E-state index contributed by atoms with van der Waals surface area (Å²) >= 11 is 0. The Labute approximate surface area is 123 Å². The number of nitrogens with zero attached hydrogens (tertiary/aromatic N) is 4. The molecule has 3 rings (SSSR count). The van der Waals surface area contributed by atoms with Crippen LogP contribution in [-0.4, -0.2) is 19.6 Å². The van der Waals surface area contributed by atoms with Crippen molar-refractivity contribution in [3.05, 3.63) is 53.5 Å². The van der Waals surface area contributed by atoms with Gasteiger partial charge in [-0.25, -0.2) is 4.98 Å². The molecular formula is C14H12F3N5. The Balaban J connectivity index is 2.12. The normalized spacial score (nSPS) is 13.5. The number of alkyl halides is 3. The first kappa shape index (κ1) is 14.3. The molecule has 22 heavy (non-hydrogen) atoms. The van der Waals surface area contributed by atoms with Crippen LogP contribution >= 0.6 is 0 Å². The molecule has 3 aromatic rings. The minimum atomic E-state index is -4.43. The van der Waals surface area contributed by atoms with E-state index < -0.39 is 17.7 Å². The highest BCUT2D eigenvalue weighted by molar-refractivity contribution is 5.44. The molecule has 2 aromatic heterocycles. The second-order valence-electron chi connectivity index (χ2n) is 4.85. The molecule has 1 atom stereocenters. The van der Waals surface area contributed by atoms with Crippen molar-refractivity contribution in [2.75, 3.05) is 5.73 Å². The standard InChI is InChI=1S/C14H12F3N5/c1-8(9-4-2-3-5-10(9)14(15,16)17)12-20-11-6-7-19-22(11)13(18)21-12/h2-8H,1H3,(H2,18,20,21)/t8-/m0/s1. The molecule has 0 aliphatic rings. The number of aromatic nitrogens is 4. The van der Waals surface area contributed by atoms with E-state index in [1.54, 1.807) is 19.1 Å². The third kappa shape index (κ3) is 2.36. The maximum atomic E-state index is 13.1. The number of rotatable bonds is 2. The van der Waals surface area contributed by atoms with E-state index in [0.717, 1.165) is 6.07 Å². The first-order valence-electron chi connectivity index (χ1n) is 6.51. The van der Waals surface area contributed by atoms with Crippen LogP contribution in [0.25, 0.3) is 5.65 Å². The summed E-state index contributed by atoms with van der Waals surface area (Å²) in [5.74, 6) is -0.344. The molecule has 1 aromatic carbocycles. The predicted octanol–water partition coefficient (Wildman–Crippen LogP) is 2.88. The first-order valence-corrected chi connectivity index (χ1v) is 6.51. The van der Waals surface area contributed by atoms with E-state index in [1.165, 1.54) is 22.8 Å². The Morgan fingerprint density at radius 2 is 1.86 bits per heavy atom. The van der Waals surface area contributed by atoms with E-state index in [0.29, 0.717) is 5.65 Å². The van der Waals surface area contributed by atoms with Gasteiger partial charge in [-0.3, -0.25) is 0 Å². The molecule has 0 aliphatic carbocycles. The molecule has 0 unspecified atom stereocenters. The first-order chi connectivity index (χ1) is 10.4. The average molecular weight is 307 g/mol. The van der Waals surface area contributed by atoms with Gasteiger partial charge >= 0.3 is 6.18 Å². The lowest BCUT2D eigenvalue weighted by molar-refractivity contribution is -0.138. The molecule has 0 amide bonds. The van der Waals surface area contributed by atoms with Crippen LogP contribution in [0.3, 0.4) is 0 Å². The number of hydrogen-bond acceptors (Lipinski definition) is 4. The Kier molecular flexibility index (Phi) is 3.23. The van der Waals surface area contributed by atoms with Crippen LogP contribution in [0.2, 0.25) is 0 Å². The number of nitrogen functional groups attached to an aromatic ring is 1. The Bertz CT molecular complexity index is 825. The summed E-state index contributed by atoms with van der Waals surface area (Å²) in [5.41, 5.74) is 5.62. The summed E-state index contributed by atoms with van der Waals surface area (Å²) in [7, 11) is 0. The predicted molar refractivity (Wildman–Crippen MR) is 74.2 cm³/mol. The highest BCUT2D eigenvalue weighted by Gasteiger charge is 2.35. The number of hydrogen-bond donors (Lipinski definition) is 1. The van der Waals surface area contributed by atoms with Crippen molar-refractivity contribution in [1.82, 2.24) is 19.6 Å². The third-order valence-corrected chi connectivity index (χ3v) is 3.42. The van der Waals surface area contributed by atoms with Crippen LogP contribution in [0.15, 0.2) is 36.5 Å². The Hall–Kier alpha value is -2.64. The van der Waals surface area contributed by atoms with Crippen molar-refractivity contribution in [3.8, 4) is 0 Å². The number of halogens is 3. The lowest BCUT2D eigenvalue weighted by Crippen LogP contribution is -2.14. The van der Waals surface area contributed by atoms with E-state index in [2.05, 4.69) is 15.1 Å². The molecule has 2 N–H and O–H groups in total. The zero-order valence-corrected chi connectivity index (χ0v) is 11.5. The van der Waals surface area contributed by atoms with Crippen molar-refractivity contribution < 1.29 is 13.2 Å². The average Bonchev–Trinajstić information content (AvgIpc) is 2.94. The van der Waals surface area contributed by atoms with Crippen LogP contribution in [0.5, 0.6) is 0 Å². The number of fused-ring (bicyclic) bond motifs is 1. The molecular weight excluding hydrogens is 295 g/mol. The van der Waals surface area contributed by atoms with Gasteiger partial charge in [0.15, 0.2) is 5.65 Å². The molecule has 114 valence electrons. The fourth-order valence-electron chi connectivity index (χ4n) is 2.33. The molecule has 0 bridgehead atoms. The zero-order chi connectivity index (χ0) is 15.9. The molecule has 0 spiro atoms. The van der Waals surface area contributed by atoms with Crippen LogP contribution in [0.1, 0.15) is 29.8 Å². The van der Waals surface area contributed by atoms with E-state index >= 15 is 0 Å².